The summed E-state index contributed by atoms with van der Waals surface area (Å²) in [6.07, 6.45) is -6.04. The number of aromatic carboxylic acids is 1. The summed E-state index contributed by atoms with van der Waals surface area (Å²) in [6.45, 7) is 2.75. The topological polar surface area (TPSA) is 91.2 Å². The summed E-state index contributed by atoms with van der Waals surface area (Å²) >= 11 is 5.81. The minimum absolute atomic E-state index is 0.0195. The second-order valence-corrected chi connectivity index (χ2v) is 9.05. The quantitative estimate of drug-likeness (QED) is 0.304. The zero-order valence-electron chi connectivity index (χ0n) is 19.1. The number of nitrogens with zero attached hydrogens (tertiary/aromatic N) is 4. The van der Waals surface area contributed by atoms with Crippen molar-refractivity contribution in [1.29, 1.82) is 0 Å². The zero-order chi connectivity index (χ0) is 26.4. The number of hydrogen-bond acceptors (Lipinski definition) is 6. The minimum Gasteiger partial charge on any atom is -0.476 e. The number of pyridine rings is 1. The van der Waals surface area contributed by atoms with E-state index >= 15 is 0 Å². The summed E-state index contributed by atoms with van der Waals surface area (Å²) in [5.41, 5.74) is -0.260. The number of rotatable bonds is 5. The van der Waals surface area contributed by atoms with Crippen LogP contribution in [-0.2, 0) is 6.18 Å². The molecule has 7 nitrogen and oxygen atoms in total. The van der Waals surface area contributed by atoms with Gasteiger partial charge in [0, 0.05) is 31.5 Å². The molecule has 1 fully saturated rings. The Morgan fingerprint density at radius 1 is 1.17 bits per heavy atom. The Morgan fingerprint density at radius 3 is 2.44 bits per heavy atom. The van der Waals surface area contributed by atoms with Crippen LogP contribution in [0, 0.1) is 6.92 Å². The van der Waals surface area contributed by atoms with Crippen molar-refractivity contribution < 1.29 is 31.9 Å². The first kappa shape index (κ1) is 25.8. The van der Waals surface area contributed by atoms with E-state index in [1.807, 2.05) is 0 Å². The number of aromatic nitrogens is 3. The first-order valence-electron chi connectivity index (χ1n) is 10.9. The van der Waals surface area contributed by atoms with E-state index < -0.39 is 48.5 Å². The molecular weight excluding hydrogens is 509 g/mol. The number of carboxylic acids is 1. The number of hydrogen-bond donors (Lipinski definition) is 2. The van der Waals surface area contributed by atoms with Gasteiger partial charge < -0.3 is 15.3 Å². The number of halogens is 6. The highest BCUT2D eigenvalue weighted by atomic mass is 35.5. The van der Waals surface area contributed by atoms with Crippen LogP contribution in [0.1, 0.15) is 53.1 Å². The van der Waals surface area contributed by atoms with E-state index in [9.17, 15) is 31.9 Å². The summed E-state index contributed by atoms with van der Waals surface area (Å²) in [5.74, 6) is -4.78. The Bertz CT molecular complexity index is 1320. The summed E-state index contributed by atoms with van der Waals surface area (Å²) in [7, 11) is 0. The smallest absolute Gasteiger partial charge is 0.437 e. The van der Waals surface area contributed by atoms with Crippen LogP contribution in [0.25, 0.3) is 11.0 Å². The molecule has 3 heterocycles. The molecule has 0 aliphatic carbocycles. The molecule has 1 aliphatic heterocycles. The highest BCUT2D eigenvalue weighted by Crippen LogP contribution is 2.39. The number of alkyl halides is 5. The third-order valence-electron chi connectivity index (χ3n) is 5.89. The molecule has 36 heavy (non-hydrogen) atoms. The van der Waals surface area contributed by atoms with Gasteiger partial charge in [0.2, 0.25) is 0 Å². The van der Waals surface area contributed by atoms with Crippen molar-refractivity contribution in [2.45, 2.75) is 44.8 Å². The lowest BCUT2D eigenvalue weighted by atomic mass is 10.0. The molecule has 0 amide bonds. The Labute approximate surface area is 207 Å². The fourth-order valence-electron chi connectivity index (χ4n) is 4.14. The summed E-state index contributed by atoms with van der Waals surface area (Å²) in [6, 6.07) is 5.34. The van der Waals surface area contributed by atoms with Crippen LogP contribution in [-0.4, -0.2) is 45.0 Å². The molecule has 1 aliphatic rings. The van der Waals surface area contributed by atoms with Crippen LogP contribution < -0.4 is 10.2 Å². The molecule has 3 aromatic rings. The van der Waals surface area contributed by atoms with Gasteiger partial charge in [-0.1, -0.05) is 17.7 Å². The van der Waals surface area contributed by atoms with Crippen molar-refractivity contribution >= 4 is 40.1 Å². The van der Waals surface area contributed by atoms with Crippen molar-refractivity contribution in [3.8, 4) is 0 Å². The molecule has 0 spiro atoms. The molecule has 192 valence electrons. The van der Waals surface area contributed by atoms with Gasteiger partial charge >= 0.3 is 12.1 Å². The van der Waals surface area contributed by atoms with Crippen molar-refractivity contribution in [3.63, 3.8) is 0 Å². The number of carbonyl (C=O) groups is 1. The van der Waals surface area contributed by atoms with E-state index in [0.29, 0.717) is 11.1 Å². The SMILES string of the molecule is Cc1cc([C@@H](C)Nc2ccc(Cl)nc2C(=O)O)c2nc(N3CCC(F)(F)CC3)c(C(F)(F)F)nc2c1. The molecule has 0 bridgehead atoms. The second-order valence-electron chi connectivity index (χ2n) is 8.66. The van der Waals surface area contributed by atoms with Gasteiger partial charge in [-0.05, 0) is 37.6 Å². The van der Waals surface area contributed by atoms with Crippen LogP contribution in [0.15, 0.2) is 24.3 Å². The Balaban J connectivity index is 1.82. The minimum atomic E-state index is -4.85. The van der Waals surface area contributed by atoms with E-state index in [-0.39, 0.29) is 40.7 Å². The number of fused-ring (bicyclic) bond motifs is 1. The third kappa shape index (κ3) is 5.28. The van der Waals surface area contributed by atoms with Crippen molar-refractivity contribution in [3.05, 3.63) is 51.9 Å². The fourth-order valence-corrected chi connectivity index (χ4v) is 4.28. The van der Waals surface area contributed by atoms with E-state index in [1.54, 1.807) is 19.9 Å². The van der Waals surface area contributed by atoms with Gasteiger partial charge in [-0.3, -0.25) is 0 Å². The Kier molecular flexibility index (Phi) is 6.67. The molecular formula is C23H21ClF5N5O2. The van der Waals surface area contributed by atoms with Gasteiger partial charge in [0.15, 0.2) is 17.2 Å². The average molecular weight is 530 g/mol. The molecule has 2 N–H and O–H groups in total. The van der Waals surface area contributed by atoms with Gasteiger partial charge in [0.25, 0.3) is 5.92 Å². The molecule has 4 rings (SSSR count). The predicted molar refractivity (Wildman–Crippen MR) is 124 cm³/mol. The normalized spacial score (nSPS) is 16.7. The van der Waals surface area contributed by atoms with Crippen molar-refractivity contribution in [2.24, 2.45) is 0 Å². The zero-order valence-corrected chi connectivity index (χ0v) is 19.9. The molecule has 0 radical (unpaired) electrons. The highest BCUT2D eigenvalue weighted by molar-refractivity contribution is 6.29. The standard InChI is InChI=1S/C23H21ClF5N5O2/c1-11-9-13(12(2)30-14-3-4-16(24)32-18(14)21(35)36)17-15(10-11)31-19(23(27,28)29)20(33-17)34-7-5-22(25,26)6-8-34/h3-4,9-10,12,30H,5-8H2,1-2H3,(H,35,36)/t12-/m1/s1. The van der Waals surface area contributed by atoms with Gasteiger partial charge in [-0.2, -0.15) is 13.2 Å². The van der Waals surface area contributed by atoms with E-state index in [2.05, 4.69) is 20.3 Å². The lowest BCUT2D eigenvalue weighted by Gasteiger charge is -2.33. The number of carboxylic acid groups (broad SMARTS) is 1. The highest BCUT2D eigenvalue weighted by Gasteiger charge is 2.41. The summed E-state index contributed by atoms with van der Waals surface area (Å²) in [4.78, 5) is 24.7. The Hall–Kier alpha value is -3.28. The molecule has 1 aromatic carbocycles. The summed E-state index contributed by atoms with van der Waals surface area (Å²) < 4.78 is 69.1. The first-order valence-corrected chi connectivity index (χ1v) is 11.3. The van der Waals surface area contributed by atoms with Gasteiger partial charge in [-0.15, -0.1) is 0 Å². The maximum atomic E-state index is 13.9. The van der Waals surface area contributed by atoms with Crippen LogP contribution in [0.3, 0.4) is 0 Å². The van der Waals surface area contributed by atoms with Crippen molar-refractivity contribution in [2.75, 3.05) is 23.3 Å². The van der Waals surface area contributed by atoms with Crippen LogP contribution in [0.2, 0.25) is 5.15 Å². The number of anilines is 2. The fraction of sp³-hybridized carbons (Fsp3) is 0.391. The molecule has 0 unspecified atom stereocenters. The Morgan fingerprint density at radius 2 is 1.83 bits per heavy atom. The van der Waals surface area contributed by atoms with Crippen molar-refractivity contribution in [1.82, 2.24) is 15.0 Å². The van der Waals surface area contributed by atoms with Gasteiger partial charge in [0.05, 0.1) is 22.8 Å². The summed E-state index contributed by atoms with van der Waals surface area (Å²) in [5, 5.41) is 12.4. The third-order valence-corrected chi connectivity index (χ3v) is 6.10. The van der Waals surface area contributed by atoms with Crippen LogP contribution in [0.4, 0.5) is 33.5 Å². The molecule has 1 saturated heterocycles. The monoisotopic (exact) mass is 529 g/mol. The van der Waals surface area contributed by atoms with Crippen LogP contribution in [0.5, 0.6) is 0 Å². The second kappa shape index (κ2) is 9.30. The molecule has 1 atom stereocenters. The molecule has 2 aromatic heterocycles. The number of benzene rings is 1. The lowest BCUT2D eigenvalue weighted by molar-refractivity contribution is -0.140. The van der Waals surface area contributed by atoms with E-state index in [4.69, 9.17) is 11.6 Å². The maximum Gasteiger partial charge on any atom is 0.437 e. The van der Waals surface area contributed by atoms with Gasteiger partial charge in [0.1, 0.15) is 5.15 Å². The predicted octanol–water partition coefficient (Wildman–Crippen LogP) is 6.11. The van der Waals surface area contributed by atoms with Gasteiger partial charge in [-0.25, -0.2) is 28.5 Å². The lowest BCUT2D eigenvalue weighted by Crippen LogP contribution is -2.41. The first-order chi connectivity index (χ1) is 16.7. The number of nitrogens with one attached hydrogen (secondary N) is 1. The maximum absolute atomic E-state index is 13.9. The molecule has 0 saturated carbocycles. The van der Waals surface area contributed by atoms with E-state index in [1.165, 1.54) is 23.1 Å². The van der Waals surface area contributed by atoms with Crippen LogP contribution >= 0.6 is 11.6 Å². The number of aryl methyl sites for hydroxylation is 1. The number of piperidine rings is 1. The molecule has 13 heteroatoms. The average Bonchev–Trinajstić information content (AvgIpc) is 2.78. The largest absolute Gasteiger partial charge is 0.476 e. The van der Waals surface area contributed by atoms with E-state index in [0.717, 1.165) is 0 Å².